The van der Waals surface area contributed by atoms with E-state index in [1.807, 2.05) is 0 Å². The summed E-state index contributed by atoms with van der Waals surface area (Å²) in [5.41, 5.74) is 4.98. The summed E-state index contributed by atoms with van der Waals surface area (Å²) in [4.78, 5) is 25.6. The standard InChI is InChI=1S/C23H14Cl5F2N3O2/c24-10-5-9(6-11(25)7-10)17-18(23(17,27)28)22(35)32-12-1-2-14(26)13(8-12)21(34)33-16-4-3-15(29)20(31)19(16)30/h1-8,17-18H,31H2,(H,32,35)(H,33,34)/t17-,18+/m0/s1. The van der Waals surface area contributed by atoms with E-state index in [1.165, 1.54) is 18.2 Å². The second kappa shape index (κ2) is 9.64. The van der Waals surface area contributed by atoms with Gasteiger partial charge in [0.25, 0.3) is 5.91 Å². The molecule has 1 aliphatic rings. The summed E-state index contributed by atoms with van der Waals surface area (Å²) in [5, 5.41) is 5.69. The number of halogens is 7. The fourth-order valence-corrected chi connectivity index (χ4v) is 5.25. The molecule has 4 rings (SSSR count). The number of carbonyl (C=O) groups excluding carboxylic acids is 2. The van der Waals surface area contributed by atoms with Crippen LogP contribution in [0, 0.1) is 17.6 Å². The minimum Gasteiger partial charge on any atom is -0.394 e. The Labute approximate surface area is 223 Å². The van der Waals surface area contributed by atoms with Gasteiger partial charge in [0.2, 0.25) is 5.91 Å². The minimum absolute atomic E-state index is 0.0258. The summed E-state index contributed by atoms with van der Waals surface area (Å²) in [7, 11) is 0. The molecule has 2 atom stereocenters. The maximum Gasteiger partial charge on any atom is 0.257 e. The van der Waals surface area contributed by atoms with Crippen molar-refractivity contribution in [2.45, 2.75) is 10.3 Å². The predicted octanol–water partition coefficient (Wildman–Crippen LogP) is 7.29. The highest BCUT2D eigenvalue weighted by Crippen LogP contribution is 2.65. The lowest BCUT2D eigenvalue weighted by molar-refractivity contribution is -0.117. The Balaban J connectivity index is 1.52. The lowest BCUT2D eigenvalue weighted by atomic mass is 10.1. The highest BCUT2D eigenvalue weighted by Gasteiger charge is 2.67. The number of alkyl halides is 2. The quantitative estimate of drug-likeness (QED) is 0.219. The molecular formula is C23H14Cl5F2N3O2. The lowest BCUT2D eigenvalue weighted by Gasteiger charge is -2.11. The zero-order valence-electron chi connectivity index (χ0n) is 17.3. The lowest BCUT2D eigenvalue weighted by Crippen LogP contribution is -2.18. The van der Waals surface area contributed by atoms with E-state index in [4.69, 9.17) is 63.7 Å². The molecule has 0 bridgehead atoms. The van der Waals surface area contributed by atoms with E-state index < -0.39 is 45.3 Å². The van der Waals surface area contributed by atoms with Crippen LogP contribution in [-0.2, 0) is 4.79 Å². The number of hydrogen-bond donors (Lipinski definition) is 3. The summed E-state index contributed by atoms with van der Waals surface area (Å²) >= 11 is 31.0. The predicted molar refractivity (Wildman–Crippen MR) is 136 cm³/mol. The van der Waals surface area contributed by atoms with Crippen molar-refractivity contribution in [1.29, 1.82) is 0 Å². The first-order valence-electron chi connectivity index (χ1n) is 9.89. The van der Waals surface area contributed by atoms with Gasteiger partial charge < -0.3 is 16.4 Å². The molecule has 0 aliphatic heterocycles. The Morgan fingerprint density at radius 1 is 0.914 bits per heavy atom. The molecule has 0 radical (unpaired) electrons. The number of hydrogen-bond acceptors (Lipinski definition) is 3. The number of rotatable bonds is 5. The summed E-state index contributed by atoms with van der Waals surface area (Å²) < 4.78 is 26.2. The molecule has 0 saturated heterocycles. The Morgan fingerprint density at radius 2 is 1.57 bits per heavy atom. The molecular weight excluding hydrogens is 566 g/mol. The number of amides is 2. The van der Waals surface area contributed by atoms with Crippen LogP contribution in [0.2, 0.25) is 15.1 Å². The Bertz CT molecular complexity index is 1350. The Hall–Kier alpha value is -2.29. The van der Waals surface area contributed by atoms with Gasteiger partial charge in [-0.15, -0.1) is 23.2 Å². The van der Waals surface area contributed by atoms with Gasteiger partial charge >= 0.3 is 0 Å². The number of nitrogens with two attached hydrogens (primary N) is 1. The molecule has 2 amide bonds. The van der Waals surface area contributed by atoms with Gasteiger partial charge in [0.15, 0.2) is 5.82 Å². The van der Waals surface area contributed by atoms with Gasteiger partial charge in [0, 0.05) is 21.7 Å². The Morgan fingerprint density at radius 3 is 2.23 bits per heavy atom. The normalized spacial score (nSPS) is 18.1. The minimum atomic E-state index is -1.40. The number of nitrogen functional groups attached to an aromatic ring is 1. The van der Waals surface area contributed by atoms with Gasteiger partial charge in [-0.05, 0) is 54.1 Å². The van der Waals surface area contributed by atoms with Crippen molar-refractivity contribution in [1.82, 2.24) is 0 Å². The fraction of sp³-hybridized carbons (Fsp3) is 0.130. The van der Waals surface area contributed by atoms with Crippen molar-refractivity contribution in [3.05, 3.63) is 86.4 Å². The molecule has 5 nitrogen and oxygen atoms in total. The first-order valence-corrected chi connectivity index (χ1v) is 11.8. The zero-order chi connectivity index (χ0) is 25.7. The maximum atomic E-state index is 14.2. The van der Waals surface area contributed by atoms with Gasteiger partial charge in [-0.3, -0.25) is 9.59 Å². The molecule has 1 fully saturated rings. The van der Waals surface area contributed by atoms with Crippen molar-refractivity contribution in [3.63, 3.8) is 0 Å². The molecule has 1 aliphatic carbocycles. The largest absolute Gasteiger partial charge is 0.394 e. The monoisotopic (exact) mass is 577 g/mol. The number of nitrogens with one attached hydrogen (secondary N) is 2. The summed E-state index contributed by atoms with van der Waals surface area (Å²) in [6.07, 6.45) is 0. The van der Waals surface area contributed by atoms with Crippen LogP contribution >= 0.6 is 58.0 Å². The van der Waals surface area contributed by atoms with Crippen LogP contribution in [0.4, 0.5) is 25.8 Å². The van der Waals surface area contributed by atoms with Gasteiger partial charge in [0.1, 0.15) is 15.8 Å². The van der Waals surface area contributed by atoms with Crippen LogP contribution in [0.1, 0.15) is 21.8 Å². The smallest absolute Gasteiger partial charge is 0.257 e. The molecule has 0 spiro atoms. The Kier molecular flexibility index (Phi) is 7.10. The van der Waals surface area contributed by atoms with E-state index in [2.05, 4.69) is 10.6 Å². The van der Waals surface area contributed by atoms with Gasteiger partial charge in [-0.2, -0.15) is 0 Å². The van der Waals surface area contributed by atoms with E-state index in [0.29, 0.717) is 15.6 Å². The fourth-order valence-electron chi connectivity index (χ4n) is 3.68. The molecule has 12 heteroatoms. The zero-order valence-corrected chi connectivity index (χ0v) is 21.1. The number of benzene rings is 3. The second-order valence-electron chi connectivity index (χ2n) is 7.79. The van der Waals surface area contributed by atoms with Crippen molar-refractivity contribution < 1.29 is 18.4 Å². The highest BCUT2D eigenvalue weighted by molar-refractivity contribution is 6.53. The van der Waals surface area contributed by atoms with Gasteiger partial charge in [-0.1, -0.05) is 34.8 Å². The van der Waals surface area contributed by atoms with Crippen LogP contribution in [0.5, 0.6) is 0 Å². The molecule has 0 unspecified atom stereocenters. The maximum absolute atomic E-state index is 14.2. The summed E-state index contributed by atoms with van der Waals surface area (Å²) in [6, 6.07) is 10.8. The molecule has 35 heavy (non-hydrogen) atoms. The van der Waals surface area contributed by atoms with Crippen molar-refractivity contribution >= 4 is 86.9 Å². The third kappa shape index (κ3) is 5.15. The second-order valence-corrected chi connectivity index (χ2v) is 10.5. The molecule has 3 aromatic rings. The van der Waals surface area contributed by atoms with E-state index in [0.717, 1.165) is 12.1 Å². The van der Waals surface area contributed by atoms with Gasteiger partial charge in [-0.25, -0.2) is 8.78 Å². The third-order valence-corrected chi connectivity index (χ3v) is 7.14. The van der Waals surface area contributed by atoms with Gasteiger partial charge in [0.05, 0.1) is 22.2 Å². The highest BCUT2D eigenvalue weighted by atomic mass is 35.5. The number of carbonyl (C=O) groups is 2. The van der Waals surface area contributed by atoms with E-state index >= 15 is 0 Å². The van der Waals surface area contributed by atoms with Crippen LogP contribution in [0.25, 0.3) is 0 Å². The SMILES string of the molecule is Nc1c(F)ccc(NC(=O)c2cc(NC(=O)[C@H]3[C@H](c4cc(Cl)cc(Cl)c4)C3(Cl)Cl)ccc2Cl)c1F. The first kappa shape index (κ1) is 25.8. The van der Waals surface area contributed by atoms with Crippen LogP contribution in [0.15, 0.2) is 48.5 Å². The van der Waals surface area contributed by atoms with Crippen LogP contribution < -0.4 is 16.4 Å². The van der Waals surface area contributed by atoms with Crippen molar-refractivity contribution in [2.75, 3.05) is 16.4 Å². The molecule has 1 saturated carbocycles. The van der Waals surface area contributed by atoms with E-state index in [-0.39, 0.29) is 22.0 Å². The molecule has 4 N–H and O–H groups in total. The van der Waals surface area contributed by atoms with Crippen LogP contribution in [0.3, 0.4) is 0 Å². The van der Waals surface area contributed by atoms with Crippen LogP contribution in [-0.4, -0.2) is 16.1 Å². The average Bonchev–Trinajstić information content (AvgIpc) is 3.36. The molecule has 3 aromatic carbocycles. The van der Waals surface area contributed by atoms with E-state index in [1.54, 1.807) is 18.2 Å². The summed E-state index contributed by atoms with van der Waals surface area (Å²) in [6.45, 7) is 0. The first-order chi connectivity index (χ1) is 16.4. The average molecular weight is 580 g/mol. The molecule has 0 heterocycles. The van der Waals surface area contributed by atoms with Crippen molar-refractivity contribution in [3.8, 4) is 0 Å². The molecule has 182 valence electrons. The van der Waals surface area contributed by atoms with E-state index in [9.17, 15) is 18.4 Å². The summed E-state index contributed by atoms with van der Waals surface area (Å²) in [5.74, 6) is -4.80. The topological polar surface area (TPSA) is 84.2 Å². The molecule has 0 aromatic heterocycles. The third-order valence-electron chi connectivity index (χ3n) is 5.43. The number of anilines is 3. The van der Waals surface area contributed by atoms with Crippen molar-refractivity contribution in [2.24, 2.45) is 5.92 Å².